The van der Waals surface area contributed by atoms with Crippen molar-refractivity contribution in [3.8, 4) is 0 Å². The van der Waals surface area contributed by atoms with Crippen LogP contribution in [0.4, 0.5) is 13.2 Å². The quantitative estimate of drug-likeness (QED) is 0.816. The summed E-state index contributed by atoms with van der Waals surface area (Å²) in [5.41, 5.74) is 0.271. The molecule has 0 spiro atoms. The van der Waals surface area contributed by atoms with E-state index < -0.39 is 18.6 Å². The molecule has 122 valence electrons. The van der Waals surface area contributed by atoms with Crippen LogP contribution in [-0.2, 0) is 11.4 Å². The van der Waals surface area contributed by atoms with Crippen molar-refractivity contribution in [3.05, 3.63) is 24.2 Å². The Morgan fingerprint density at radius 3 is 2.55 bits per heavy atom. The van der Waals surface area contributed by atoms with Crippen molar-refractivity contribution in [2.45, 2.75) is 26.6 Å². The van der Waals surface area contributed by atoms with Crippen molar-refractivity contribution < 1.29 is 22.8 Å². The molecule has 2 aromatic heterocycles. The zero-order valence-corrected chi connectivity index (χ0v) is 12.7. The SMILES string of the molecule is CC.CON(C)C(=O)c1cc2cnn(CC(F)(F)F)c2cn1. The van der Waals surface area contributed by atoms with Gasteiger partial charge in [0.25, 0.3) is 5.91 Å². The molecular formula is C13H17F3N4O2. The molecule has 0 N–H and O–H groups in total. The van der Waals surface area contributed by atoms with Crippen LogP contribution < -0.4 is 0 Å². The Morgan fingerprint density at radius 1 is 1.36 bits per heavy atom. The van der Waals surface area contributed by atoms with Gasteiger partial charge in [0.1, 0.15) is 12.2 Å². The van der Waals surface area contributed by atoms with Gasteiger partial charge in [-0.1, -0.05) is 13.8 Å². The van der Waals surface area contributed by atoms with E-state index in [9.17, 15) is 18.0 Å². The van der Waals surface area contributed by atoms with Gasteiger partial charge in [-0.05, 0) is 6.07 Å². The number of rotatable bonds is 3. The number of pyridine rings is 1. The average Bonchev–Trinajstić information content (AvgIpc) is 2.88. The minimum atomic E-state index is -4.37. The number of hydroxylamine groups is 2. The van der Waals surface area contributed by atoms with E-state index in [1.54, 1.807) is 0 Å². The van der Waals surface area contributed by atoms with Gasteiger partial charge >= 0.3 is 6.18 Å². The lowest BCUT2D eigenvalue weighted by atomic mass is 10.2. The van der Waals surface area contributed by atoms with Gasteiger partial charge in [-0.2, -0.15) is 18.3 Å². The molecule has 6 nitrogen and oxygen atoms in total. The molecule has 0 unspecified atom stereocenters. The largest absolute Gasteiger partial charge is 0.408 e. The Labute approximate surface area is 125 Å². The normalized spacial score (nSPS) is 11.0. The molecule has 2 rings (SSSR count). The average molecular weight is 318 g/mol. The summed E-state index contributed by atoms with van der Waals surface area (Å²) in [6, 6.07) is 1.37. The molecule has 0 aliphatic heterocycles. The monoisotopic (exact) mass is 318 g/mol. The molecule has 0 saturated heterocycles. The first-order valence-electron chi connectivity index (χ1n) is 6.52. The highest BCUT2D eigenvalue weighted by molar-refractivity contribution is 5.95. The molecule has 0 radical (unpaired) electrons. The Kier molecular flexibility index (Phi) is 5.86. The maximum atomic E-state index is 12.3. The number of carbonyl (C=O) groups is 1. The third-order valence-electron chi connectivity index (χ3n) is 2.64. The van der Waals surface area contributed by atoms with Gasteiger partial charge < -0.3 is 0 Å². The van der Waals surface area contributed by atoms with Crippen LogP contribution in [0.5, 0.6) is 0 Å². The molecule has 0 aromatic carbocycles. The van der Waals surface area contributed by atoms with Crippen LogP contribution in [0.3, 0.4) is 0 Å². The summed E-state index contributed by atoms with van der Waals surface area (Å²) in [5, 5.41) is 5.01. The topological polar surface area (TPSA) is 60.2 Å². The summed E-state index contributed by atoms with van der Waals surface area (Å²) < 4.78 is 37.8. The van der Waals surface area contributed by atoms with E-state index in [4.69, 9.17) is 4.84 Å². The van der Waals surface area contributed by atoms with E-state index in [-0.39, 0.29) is 11.2 Å². The second-order valence-electron chi connectivity index (χ2n) is 4.03. The second-order valence-corrected chi connectivity index (χ2v) is 4.03. The summed E-state index contributed by atoms with van der Waals surface area (Å²) in [4.78, 5) is 20.3. The Morgan fingerprint density at radius 2 is 2.00 bits per heavy atom. The maximum Gasteiger partial charge on any atom is 0.408 e. The van der Waals surface area contributed by atoms with E-state index in [1.165, 1.54) is 32.6 Å². The van der Waals surface area contributed by atoms with Crippen LogP contribution in [0.25, 0.3) is 10.9 Å². The molecular weight excluding hydrogens is 301 g/mol. The fourth-order valence-corrected chi connectivity index (χ4v) is 1.63. The highest BCUT2D eigenvalue weighted by atomic mass is 19.4. The summed E-state index contributed by atoms with van der Waals surface area (Å²) >= 11 is 0. The number of carbonyl (C=O) groups excluding carboxylic acids is 1. The number of amides is 1. The Hall–Kier alpha value is -2.16. The lowest BCUT2D eigenvalue weighted by Crippen LogP contribution is -2.26. The highest BCUT2D eigenvalue weighted by Gasteiger charge is 2.29. The Bertz CT molecular complexity index is 640. The van der Waals surface area contributed by atoms with Crippen molar-refractivity contribution >= 4 is 16.8 Å². The molecule has 0 atom stereocenters. The summed E-state index contributed by atoms with van der Waals surface area (Å²) in [7, 11) is 2.72. The van der Waals surface area contributed by atoms with Crippen LogP contribution in [-0.4, -0.2) is 46.1 Å². The fourth-order valence-electron chi connectivity index (χ4n) is 1.63. The van der Waals surface area contributed by atoms with E-state index in [2.05, 4.69) is 10.1 Å². The Balaban J connectivity index is 0.00000116. The highest BCUT2D eigenvalue weighted by Crippen LogP contribution is 2.21. The summed E-state index contributed by atoms with van der Waals surface area (Å²) in [6.07, 6.45) is -1.93. The van der Waals surface area contributed by atoms with Gasteiger partial charge in [-0.3, -0.25) is 14.3 Å². The van der Waals surface area contributed by atoms with E-state index in [0.717, 1.165) is 9.75 Å². The van der Waals surface area contributed by atoms with Crippen LogP contribution in [0.2, 0.25) is 0 Å². The lowest BCUT2D eigenvalue weighted by Gasteiger charge is -2.12. The zero-order chi connectivity index (χ0) is 16.9. The van der Waals surface area contributed by atoms with Crippen molar-refractivity contribution in [1.82, 2.24) is 19.8 Å². The van der Waals surface area contributed by atoms with Crippen molar-refractivity contribution in [3.63, 3.8) is 0 Å². The molecule has 0 bridgehead atoms. The molecule has 22 heavy (non-hydrogen) atoms. The predicted molar refractivity (Wildman–Crippen MR) is 74.0 cm³/mol. The summed E-state index contributed by atoms with van der Waals surface area (Å²) in [6.45, 7) is 2.80. The van der Waals surface area contributed by atoms with Gasteiger partial charge in [0.05, 0.1) is 25.0 Å². The molecule has 0 fully saturated rings. The number of aromatic nitrogens is 3. The standard InChI is InChI=1S/C11H11F3N4O2.C2H6/c1-17(20-2)10(19)8-3-7-4-16-18(6-11(12,13)14)9(7)5-15-8;1-2/h3-5H,6H2,1-2H3;1-2H3. The number of nitrogens with zero attached hydrogens (tertiary/aromatic N) is 4. The van der Waals surface area contributed by atoms with Crippen LogP contribution in [0, 0.1) is 0 Å². The molecule has 2 heterocycles. The predicted octanol–water partition coefficient (Wildman–Crippen LogP) is 2.65. The fraction of sp³-hybridized carbons (Fsp3) is 0.462. The van der Waals surface area contributed by atoms with Crippen molar-refractivity contribution in [1.29, 1.82) is 0 Å². The van der Waals surface area contributed by atoms with E-state index in [0.29, 0.717) is 5.39 Å². The molecule has 1 amide bonds. The number of fused-ring (bicyclic) bond motifs is 1. The van der Waals surface area contributed by atoms with Gasteiger partial charge in [0.2, 0.25) is 0 Å². The van der Waals surface area contributed by atoms with Crippen molar-refractivity contribution in [2.75, 3.05) is 14.2 Å². The van der Waals surface area contributed by atoms with Crippen LogP contribution in [0.1, 0.15) is 24.3 Å². The molecule has 0 saturated carbocycles. The van der Waals surface area contributed by atoms with Gasteiger partial charge in [-0.15, -0.1) is 0 Å². The van der Waals surface area contributed by atoms with E-state index >= 15 is 0 Å². The molecule has 0 aliphatic rings. The third kappa shape index (κ3) is 4.17. The molecule has 9 heteroatoms. The first-order chi connectivity index (χ1) is 10.3. The van der Waals surface area contributed by atoms with E-state index in [1.807, 2.05) is 13.8 Å². The number of alkyl halides is 3. The number of hydrogen-bond donors (Lipinski definition) is 0. The lowest BCUT2D eigenvalue weighted by molar-refractivity contribution is -0.141. The molecule has 2 aromatic rings. The van der Waals surface area contributed by atoms with Gasteiger partial charge in [-0.25, -0.2) is 10.0 Å². The minimum Gasteiger partial charge on any atom is -0.274 e. The summed E-state index contributed by atoms with van der Waals surface area (Å²) in [5.74, 6) is -0.502. The van der Waals surface area contributed by atoms with Crippen LogP contribution in [0.15, 0.2) is 18.5 Å². The van der Waals surface area contributed by atoms with Crippen molar-refractivity contribution in [2.24, 2.45) is 0 Å². The first-order valence-corrected chi connectivity index (χ1v) is 6.52. The first kappa shape index (κ1) is 17.9. The number of hydrogen-bond acceptors (Lipinski definition) is 4. The van der Waals surface area contributed by atoms with Gasteiger partial charge in [0, 0.05) is 12.4 Å². The smallest absolute Gasteiger partial charge is 0.274 e. The van der Waals surface area contributed by atoms with Gasteiger partial charge in [0.15, 0.2) is 0 Å². The number of halogens is 3. The van der Waals surface area contributed by atoms with Crippen LogP contribution >= 0.6 is 0 Å². The molecule has 0 aliphatic carbocycles. The maximum absolute atomic E-state index is 12.3. The minimum absolute atomic E-state index is 0.0633. The second kappa shape index (κ2) is 7.21. The third-order valence-corrected chi connectivity index (χ3v) is 2.64. The zero-order valence-electron chi connectivity index (χ0n) is 12.7.